The lowest BCUT2D eigenvalue weighted by atomic mass is 10.2. The molecule has 0 fully saturated rings. The lowest BCUT2D eigenvalue weighted by Crippen LogP contribution is -2.27. The van der Waals surface area contributed by atoms with Crippen molar-refractivity contribution in [3.05, 3.63) is 6.20 Å². The number of ether oxygens (including phenoxy) is 1. The maximum absolute atomic E-state index is 11.7. The Balaban J connectivity index is 2.95. The second kappa shape index (κ2) is 5.81. The summed E-state index contributed by atoms with van der Waals surface area (Å²) in [4.78, 5) is 22.5. The summed E-state index contributed by atoms with van der Waals surface area (Å²) in [5, 5.41) is 17.6. The Bertz CT molecular complexity index is 502. The number of nitrogens with zero attached hydrogens (tertiary/aromatic N) is 2. The zero-order chi connectivity index (χ0) is 15.5. The summed E-state index contributed by atoms with van der Waals surface area (Å²) >= 11 is 0. The summed E-state index contributed by atoms with van der Waals surface area (Å²) in [6.45, 7) is 8.90. The zero-order valence-corrected chi connectivity index (χ0v) is 12.2. The largest absolute Gasteiger partial charge is 0.465 e. The van der Waals surface area contributed by atoms with Crippen molar-refractivity contribution < 1.29 is 19.4 Å². The van der Waals surface area contributed by atoms with Crippen molar-refractivity contribution in [2.75, 3.05) is 10.6 Å². The molecular formula is C12H20N4O4. The molecule has 0 aliphatic carbocycles. The summed E-state index contributed by atoms with van der Waals surface area (Å²) in [7, 11) is 0. The van der Waals surface area contributed by atoms with Gasteiger partial charge in [-0.25, -0.2) is 14.3 Å². The number of carbonyl (C=O) groups is 2. The second-order valence-electron chi connectivity index (χ2n) is 5.50. The maximum Gasteiger partial charge on any atom is 0.412 e. The number of anilines is 2. The number of carbonyl (C=O) groups excluding carboxylic acids is 1. The van der Waals surface area contributed by atoms with Gasteiger partial charge in [-0.15, -0.1) is 0 Å². The second-order valence-corrected chi connectivity index (χ2v) is 5.50. The van der Waals surface area contributed by atoms with E-state index < -0.39 is 17.8 Å². The molecule has 112 valence electrons. The van der Waals surface area contributed by atoms with E-state index >= 15 is 0 Å². The fourth-order valence-corrected chi connectivity index (χ4v) is 1.48. The lowest BCUT2D eigenvalue weighted by molar-refractivity contribution is 0.0636. The van der Waals surface area contributed by atoms with Gasteiger partial charge in [0.2, 0.25) is 0 Å². The van der Waals surface area contributed by atoms with Crippen LogP contribution in [0.3, 0.4) is 0 Å². The Morgan fingerprint density at radius 1 is 1.35 bits per heavy atom. The third-order valence-electron chi connectivity index (χ3n) is 2.15. The van der Waals surface area contributed by atoms with Gasteiger partial charge in [0.1, 0.15) is 11.3 Å². The van der Waals surface area contributed by atoms with Crippen molar-refractivity contribution in [3.63, 3.8) is 0 Å². The van der Waals surface area contributed by atoms with Gasteiger partial charge in [-0.2, -0.15) is 5.10 Å². The number of hydrogen-bond acceptors (Lipinski definition) is 4. The average Bonchev–Trinajstić information content (AvgIpc) is 2.57. The molecule has 1 aromatic rings. The first-order valence-electron chi connectivity index (χ1n) is 6.17. The smallest absolute Gasteiger partial charge is 0.412 e. The first kappa shape index (κ1) is 15.8. The minimum atomic E-state index is -1.24. The molecule has 0 aromatic carbocycles. The predicted octanol–water partition coefficient (Wildman–Crippen LogP) is 2.90. The Morgan fingerprint density at radius 2 is 1.95 bits per heavy atom. The SMILES string of the molecule is CC(C)n1ncc(NC(=O)OC(C)(C)C)c1NC(=O)O. The molecule has 0 unspecified atom stereocenters. The van der Waals surface area contributed by atoms with E-state index in [-0.39, 0.29) is 17.5 Å². The fraction of sp³-hybridized carbons (Fsp3) is 0.583. The summed E-state index contributed by atoms with van der Waals surface area (Å²) in [5.74, 6) is 0.193. The maximum atomic E-state index is 11.7. The molecule has 1 rings (SSSR count). The molecule has 2 amide bonds. The Kier molecular flexibility index (Phi) is 4.59. The van der Waals surface area contributed by atoms with Gasteiger partial charge in [0, 0.05) is 6.04 Å². The number of amides is 2. The number of rotatable bonds is 3. The summed E-state index contributed by atoms with van der Waals surface area (Å²) in [5.41, 5.74) is -0.395. The Labute approximate surface area is 117 Å². The normalized spacial score (nSPS) is 11.3. The molecule has 8 nitrogen and oxygen atoms in total. The lowest BCUT2D eigenvalue weighted by Gasteiger charge is -2.19. The number of carboxylic acid groups (broad SMARTS) is 1. The third-order valence-corrected chi connectivity index (χ3v) is 2.15. The van der Waals surface area contributed by atoms with E-state index in [0.29, 0.717) is 0 Å². The molecule has 0 radical (unpaired) electrons. The van der Waals surface area contributed by atoms with E-state index in [4.69, 9.17) is 9.84 Å². The van der Waals surface area contributed by atoms with Crippen LogP contribution in [0.15, 0.2) is 6.20 Å². The van der Waals surface area contributed by atoms with Crippen molar-refractivity contribution in [1.82, 2.24) is 9.78 Å². The zero-order valence-electron chi connectivity index (χ0n) is 12.2. The summed E-state index contributed by atoms with van der Waals surface area (Å²) in [6, 6.07) is -0.0639. The quantitative estimate of drug-likeness (QED) is 0.791. The van der Waals surface area contributed by atoms with Crippen LogP contribution in [-0.4, -0.2) is 32.7 Å². The van der Waals surface area contributed by atoms with E-state index in [1.54, 1.807) is 20.8 Å². The highest BCUT2D eigenvalue weighted by Crippen LogP contribution is 2.25. The fourth-order valence-electron chi connectivity index (χ4n) is 1.48. The first-order chi connectivity index (χ1) is 9.10. The molecular weight excluding hydrogens is 264 g/mol. The number of nitrogens with one attached hydrogen (secondary N) is 2. The topological polar surface area (TPSA) is 105 Å². The summed E-state index contributed by atoms with van der Waals surface area (Å²) in [6.07, 6.45) is -0.538. The first-order valence-corrected chi connectivity index (χ1v) is 6.17. The third kappa shape index (κ3) is 4.45. The highest BCUT2D eigenvalue weighted by atomic mass is 16.6. The van der Waals surface area contributed by atoms with Crippen LogP contribution >= 0.6 is 0 Å². The van der Waals surface area contributed by atoms with Crippen LogP contribution in [0.1, 0.15) is 40.7 Å². The molecule has 3 N–H and O–H groups in total. The van der Waals surface area contributed by atoms with Gasteiger partial charge in [0.15, 0.2) is 5.82 Å². The Hall–Kier alpha value is -2.25. The molecule has 0 saturated carbocycles. The van der Waals surface area contributed by atoms with Gasteiger partial charge >= 0.3 is 12.2 Å². The van der Waals surface area contributed by atoms with Crippen LogP contribution in [0.25, 0.3) is 0 Å². The van der Waals surface area contributed by atoms with E-state index in [0.717, 1.165) is 0 Å². The standard InChI is InChI=1S/C12H20N4O4/c1-7(2)16-9(15-10(17)18)8(6-13-16)14-11(19)20-12(3,4)5/h6-7,15H,1-5H3,(H,14,19)(H,17,18). The molecule has 0 spiro atoms. The molecule has 0 atom stereocenters. The molecule has 1 aromatic heterocycles. The van der Waals surface area contributed by atoms with Gasteiger partial charge in [-0.05, 0) is 34.6 Å². The van der Waals surface area contributed by atoms with Gasteiger partial charge < -0.3 is 9.84 Å². The van der Waals surface area contributed by atoms with E-state index in [2.05, 4.69) is 15.7 Å². The number of hydrogen-bond donors (Lipinski definition) is 3. The van der Waals surface area contributed by atoms with Gasteiger partial charge in [-0.1, -0.05) is 0 Å². The van der Waals surface area contributed by atoms with E-state index in [1.807, 2.05) is 13.8 Å². The predicted molar refractivity (Wildman–Crippen MR) is 74.1 cm³/mol. The highest BCUT2D eigenvalue weighted by Gasteiger charge is 2.20. The van der Waals surface area contributed by atoms with Crippen LogP contribution in [0.2, 0.25) is 0 Å². The minimum absolute atomic E-state index is 0.0639. The molecule has 0 aliphatic rings. The van der Waals surface area contributed by atoms with Gasteiger partial charge in [0.25, 0.3) is 0 Å². The minimum Gasteiger partial charge on any atom is -0.465 e. The van der Waals surface area contributed by atoms with Crippen molar-refractivity contribution in [3.8, 4) is 0 Å². The van der Waals surface area contributed by atoms with Crippen molar-refractivity contribution in [2.24, 2.45) is 0 Å². The van der Waals surface area contributed by atoms with Crippen LogP contribution in [0.5, 0.6) is 0 Å². The molecule has 0 bridgehead atoms. The van der Waals surface area contributed by atoms with Gasteiger partial charge in [-0.3, -0.25) is 10.6 Å². The van der Waals surface area contributed by atoms with E-state index in [9.17, 15) is 9.59 Å². The van der Waals surface area contributed by atoms with Crippen LogP contribution in [0.4, 0.5) is 21.1 Å². The van der Waals surface area contributed by atoms with Crippen LogP contribution < -0.4 is 10.6 Å². The molecule has 8 heteroatoms. The molecule has 0 aliphatic heterocycles. The highest BCUT2D eigenvalue weighted by molar-refractivity contribution is 5.93. The van der Waals surface area contributed by atoms with E-state index in [1.165, 1.54) is 10.9 Å². The molecule has 1 heterocycles. The van der Waals surface area contributed by atoms with Crippen molar-refractivity contribution in [2.45, 2.75) is 46.3 Å². The monoisotopic (exact) mass is 284 g/mol. The Morgan fingerprint density at radius 3 is 2.40 bits per heavy atom. The van der Waals surface area contributed by atoms with Crippen molar-refractivity contribution in [1.29, 1.82) is 0 Å². The van der Waals surface area contributed by atoms with Crippen LogP contribution in [0, 0.1) is 0 Å². The average molecular weight is 284 g/mol. The molecule has 20 heavy (non-hydrogen) atoms. The number of aromatic nitrogens is 2. The van der Waals surface area contributed by atoms with Crippen molar-refractivity contribution >= 4 is 23.7 Å². The van der Waals surface area contributed by atoms with Gasteiger partial charge in [0.05, 0.1) is 6.20 Å². The van der Waals surface area contributed by atoms with Crippen LogP contribution in [-0.2, 0) is 4.74 Å². The molecule has 0 saturated heterocycles. The summed E-state index contributed by atoms with van der Waals surface area (Å²) < 4.78 is 6.57.